The largest absolute Gasteiger partial charge is 0.493 e. The molecule has 0 radical (unpaired) electrons. The van der Waals surface area contributed by atoms with E-state index in [0.29, 0.717) is 11.5 Å². The third-order valence-corrected chi connectivity index (χ3v) is 6.34. The van der Waals surface area contributed by atoms with Crippen molar-refractivity contribution in [2.45, 2.75) is 40.2 Å². The standard InChI is InChI=1S/C26H24N2O4.C2H6/c1-15-25(18-8-10-27-21-7-5-4-6-17(18)21)20(14-24(29)30)26-19-13-23(32-3)22(31-2)12-16(19)9-11-28(15)26;1-2/h4-8,10,12-13H,9,11,14H2,1-3H3,(H,29,30);1-2H3. The minimum absolute atomic E-state index is 0.0665. The van der Waals surface area contributed by atoms with Crippen LogP contribution >= 0.6 is 0 Å². The van der Waals surface area contributed by atoms with Crippen LogP contribution < -0.4 is 9.47 Å². The number of pyridine rings is 1. The highest BCUT2D eigenvalue weighted by atomic mass is 16.5. The first-order valence-electron chi connectivity index (χ1n) is 11.6. The lowest BCUT2D eigenvalue weighted by Crippen LogP contribution is -2.13. The SMILES string of the molecule is CC.COc1cc2c(cc1OC)-c1c(CC(=O)O)c(-c3ccnc4ccccc34)c(C)n1CC2. The number of rotatable bonds is 5. The molecule has 0 fully saturated rings. The Morgan fingerprint density at radius 3 is 2.47 bits per heavy atom. The second-order valence-corrected chi connectivity index (χ2v) is 8.00. The molecule has 5 rings (SSSR count). The first kappa shape index (κ1) is 23.4. The van der Waals surface area contributed by atoms with E-state index < -0.39 is 5.97 Å². The second kappa shape index (κ2) is 9.59. The molecule has 34 heavy (non-hydrogen) atoms. The molecule has 0 saturated carbocycles. The molecule has 4 aromatic rings. The number of aryl methyl sites for hydroxylation is 1. The first-order chi connectivity index (χ1) is 16.5. The van der Waals surface area contributed by atoms with E-state index in [2.05, 4.69) is 16.5 Å². The summed E-state index contributed by atoms with van der Waals surface area (Å²) < 4.78 is 13.3. The Labute approximate surface area is 199 Å². The summed E-state index contributed by atoms with van der Waals surface area (Å²) >= 11 is 0. The average Bonchev–Trinajstić information content (AvgIpc) is 3.14. The van der Waals surface area contributed by atoms with Gasteiger partial charge in [0.05, 0.1) is 31.9 Å². The molecule has 0 atom stereocenters. The number of fused-ring (bicyclic) bond motifs is 4. The van der Waals surface area contributed by atoms with Crippen molar-refractivity contribution in [3.63, 3.8) is 0 Å². The van der Waals surface area contributed by atoms with Crippen LogP contribution in [0.1, 0.15) is 30.7 Å². The summed E-state index contributed by atoms with van der Waals surface area (Å²) in [5.41, 5.74) is 7.83. The number of carboxylic acid groups (broad SMARTS) is 1. The van der Waals surface area contributed by atoms with Crippen molar-refractivity contribution in [1.82, 2.24) is 9.55 Å². The number of hydrogen-bond donors (Lipinski definition) is 1. The number of carbonyl (C=O) groups is 1. The second-order valence-electron chi connectivity index (χ2n) is 8.00. The van der Waals surface area contributed by atoms with Crippen LogP contribution in [-0.4, -0.2) is 34.8 Å². The molecule has 1 aliphatic heterocycles. The zero-order valence-electron chi connectivity index (χ0n) is 20.3. The predicted molar refractivity (Wildman–Crippen MR) is 135 cm³/mol. The van der Waals surface area contributed by atoms with Gasteiger partial charge in [-0.05, 0) is 54.3 Å². The normalized spacial score (nSPS) is 11.8. The molecule has 2 aromatic heterocycles. The molecular formula is C28H30N2O4. The number of hydrogen-bond acceptors (Lipinski definition) is 4. The van der Waals surface area contributed by atoms with Crippen molar-refractivity contribution in [1.29, 1.82) is 0 Å². The van der Waals surface area contributed by atoms with Crippen LogP contribution in [0.3, 0.4) is 0 Å². The predicted octanol–water partition coefficient (Wildman–Crippen LogP) is 5.91. The molecule has 6 nitrogen and oxygen atoms in total. The van der Waals surface area contributed by atoms with E-state index in [4.69, 9.17) is 9.47 Å². The van der Waals surface area contributed by atoms with Gasteiger partial charge in [-0.1, -0.05) is 32.0 Å². The van der Waals surface area contributed by atoms with Gasteiger partial charge in [0.1, 0.15) is 0 Å². The smallest absolute Gasteiger partial charge is 0.307 e. The summed E-state index contributed by atoms with van der Waals surface area (Å²) in [7, 11) is 3.24. The maximum atomic E-state index is 12.0. The van der Waals surface area contributed by atoms with Gasteiger partial charge >= 0.3 is 5.97 Å². The lowest BCUT2D eigenvalue weighted by molar-refractivity contribution is -0.136. The van der Waals surface area contributed by atoms with Crippen molar-refractivity contribution in [2.24, 2.45) is 0 Å². The highest BCUT2D eigenvalue weighted by Crippen LogP contribution is 2.46. The molecular weight excluding hydrogens is 428 g/mol. The van der Waals surface area contributed by atoms with E-state index in [1.165, 1.54) is 0 Å². The first-order valence-corrected chi connectivity index (χ1v) is 11.6. The van der Waals surface area contributed by atoms with Gasteiger partial charge < -0.3 is 19.1 Å². The monoisotopic (exact) mass is 458 g/mol. The van der Waals surface area contributed by atoms with E-state index in [1.807, 2.05) is 56.3 Å². The molecule has 0 amide bonds. The van der Waals surface area contributed by atoms with Gasteiger partial charge in [-0.3, -0.25) is 9.78 Å². The quantitative estimate of drug-likeness (QED) is 0.403. The van der Waals surface area contributed by atoms with E-state index in [1.54, 1.807) is 20.4 Å². The topological polar surface area (TPSA) is 73.6 Å². The van der Waals surface area contributed by atoms with Crippen LogP contribution in [-0.2, 0) is 24.2 Å². The molecule has 0 bridgehead atoms. The number of methoxy groups -OCH3 is 2. The molecule has 0 spiro atoms. The van der Waals surface area contributed by atoms with Gasteiger partial charge in [-0.25, -0.2) is 0 Å². The molecule has 2 aromatic carbocycles. The fourth-order valence-electron chi connectivity index (χ4n) is 4.97. The summed E-state index contributed by atoms with van der Waals surface area (Å²) in [6.07, 6.45) is 2.56. The van der Waals surface area contributed by atoms with Gasteiger partial charge in [0.2, 0.25) is 0 Å². The Hall–Kier alpha value is -3.80. The van der Waals surface area contributed by atoms with Gasteiger partial charge in [0, 0.05) is 34.9 Å². The van der Waals surface area contributed by atoms with E-state index in [9.17, 15) is 9.90 Å². The van der Waals surface area contributed by atoms with Crippen LogP contribution in [0, 0.1) is 6.92 Å². The summed E-state index contributed by atoms with van der Waals surface area (Å²) in [5.74, 6) is 0.462. The van der Waals surface area contributed by atoms with E-state index >= 15 is 0 Å². The molecule has 6 heteroatoms. The van der Waals surface area contributed by atoms with Gasteiger partial charge in [-0.15, -0.1) is 0 Å². The van der Waals surface area contributed by atoms with Crippen molar-refractivity contribution in [3.8, 4) is 33.9 Å². The number of carboxylic acids is 1. The maximum absolute atomic E-state index is 12.0. The maximum Gasteiger partial charge on any atom is 0.307 e. The van der Waals surface area contributed by atoms with Gasteiger partial charge in [0.25, 0.3) is 0 Å². The number of para-hydroxylation sites is 1. The summed E-state index contributed by atoms with van der Waals surface area (Å²) in [4.78, 5) is 16.5. The third-order valence-electron chi connectivity index (χ3n) is 6.34. The highest BCUT2D eigenvalue weighted by molar-refractivity contribution is 5.99. The Morgan fingerprint density at radius 2 is 1.76 bits per heavy atom. The zero-order chi connectivity index (χ0) is 24.4. The van der Waals surface area contributed by atoms with Gasteiger partial charge in [-0.2, -0.15) is 0 Å². The zero-order valence-corrected chi connectivity index (χ0v) is 20.3. The summed E-state index contributed by atoms with van der Waals surface area (Å²) in [5, 5.41) is 10.8. The van der Waals surface area contributed by atoms with E-state index in [-0.39, 0.29) is 6.42 Å². The molecule has 0 unspecified atom stereocenters. The Balaban J connectivity index is 0.00000133. The van der Waals surface area contributed by atoms with Crippen LogP contribution in [0.2, 0.25) is 0 Å². The molecule has 0 saturated heterocycles. The van der Waals surface area contributed by atoms with Crippen LogP contribution in [0.4, 0.5) is 0 Å². The fourth-order valence-corrected chi connectivity index (χ4v) is 4.97. The lowest BCUT2D eigenvalue weighted by Gasteiger charge is -2.23. The number of aromatic nitrogens is 2. The molecule has 1 N–H and O–H groups in total. The van der Waals surface area contributed by atoms with Crippen molar-refractivity contribution >= 4 is 16.9 Å². The van der Waals surface area contributed by atoms with Crippen LogP contribution in [0.15, 0.2) is 48.7 Å². The number of aliphatic carboxylic acids is 1. The Bertz CT molecular complexity index is 1370. The molecule has 3 heterocycles. The van der Waals surface area contributed by atoms with Crippen LogP contribution in [0.25, 0.3) is 33.3 Å². The number of nitrogens with zero attached hydrogens (tertiary/aromatic N) is 2. The summed E-state index contributed by atoms with van der Waals surface area (Å²) in [6.45, 7) is 6.85. The molecule has 176 valence electrons. The van der Waals surface area contributed by atoms with Crippen molar-refractivity contribution in [3.05, 3.63) is 65.5 Å². The minimum atomic E-state index is -0.856. The van der Waals surface area contributed by atoms with Crippen LogP contribution in [0.5, 0.6) is 11.5 Å². The molecule has 1 aliphatic rings. The van der Waals surface area contributed by atoms with E-state index in [0.717, 1.165) is 63.1 Å². The minimum Gasteiger partial charge on any atom is -0.493 e. The Kier molecular flexibility index (Phi) is 6.59. The fraction of sp³-hybridized carbons (Fsp3) is 0.286. The lowest BCUT2D eigenvalue weighted by atomic mass is 9.91. The highest BCUT2D eigenvalue weighted by Gasteiger charge is 2.29. The average molecular weight is 459 g/mol. The number of benzene rings is 2. The summed E-state index contributed by atoms with van der Waals surface area (Å²) in [6, 6.07) is 13.9. The van der Waals surface area contributed by atoms with Crippen molar-refractivity contribution in [2.75, 3.05) is 14.2 Å². The Morgan fingerprint density at radius 1 is 1.06 bits per heavy atom. The number of ether oxygens (including phenoxy) is 2. The molecule has 0 aliphatic carbocycles. The third kappa shape index (κ3) is 3.79. The van der Waals surface area contributed by atoms with Crippen molar-refractivity contribution < 1.29 is 19.4 Å². The van der Waals surface area contributed by atoms with Gasteiger partial charge in [0.15, 0.2) is 11.5 Å².